The van der Waals surface area contributed by atoms with Crippen LogP contribution in [0.3, 0.4) is 0 Å². The van der Waals surface area contributed by atoms with Gasteiger partial charge in [0.2, 0.25) is 5.91 Å². The maximum absolute atomic E-state index is 12.0. The van der Waals surface area contributed by atoms with E-state index in [4.69, 9.17) is 0 Å². The first-order chi connectivity index (χ1) is 10.2. The summed E-state index contributed by atoms with van der Waals surface area (Å²) in [6, 6.07) is 7.24. The van der Waals surface area contributed by atoms with Crippen molar-refractivity contribution in [1.82, 2.24) is 9.97 Å². The largest absolute Gasteiger partial charge is 0.321 e. The molecule has 2 amide bonds. The highest BCUT2D eigenvalue weighted by Gasteiger charge is 2.21. The number of rotatable bonds is 3. The minimum Gasteiger partial charge on any atom is -0.321 e. The second-order valence-electron chi connectivity index (χ2n) is 4.74. The van der Waals surface area contributed by atoms with E-state index in [2.05, 4.69) is 15.3 Å². The number of hydrogen-bond donors (Lipinski definition) is 1. The molecule has 6 heteroatoms. The van der Waals surface area contributed by atoms with Gasteiger partial charge in [0.1, 0.15) is 5.69 Å². The SMILES string of the molecule is O=C(Nc1cccc(N2CCCC2=O)c1)c1cnccn1. The monoisotopic (exact) mass is 282 g/mol. The lowest BCUT2D eigenvalue weighted by Crippen LogP contribution is -2.23. The van der Waals surface area contributed by atoms with E-state index in [0.29, 0.717) is 12.1 Å². The van der Waals surface area contributed by atoms with Crippen molar-refractivity contribution in [2.75, 3.05) is 16.8 Å². The molecule has 21 heavy (non-hydrogen) atoms. The van der Waals surface area contributed by atoms with Crippen LogP contribution in [-0.4, -0.2) is 28.3 Å². The van der Waals surface area contributed by atoms with Crippen molar-refractivity contribution in [2.24, 2.45) is 0 Å². The van der Waals surface area contributed by atoms with Crippen LogP contribution in [0.25, 0.3) is 0 Å². The second kappa shape index (κ2) is 5.70. The van der Waals surface area contributed by atoms with Gasteiger partial charge >= 0.3 is 0 Å². The number of carbonyl (C=O) groups excluding carboxylic acids is 2. The Morgan fingerprint density at radius 3 is 2.90 bits per heavy atom. The molecule has 1 aromatic carbocycles. The van der Waals surface area contributed by atoms with Crippen LogP contribution >= 0.6 is 0 Å². The Morgan fingerprint density at radius 1 is 1.29 bits per heavy atom. The fourth-order valence-corrected chi connectivity index (χ4v) is 2.28. The average molecular weight is 282 g/mol. The normalized spacial score (nSPS) is 14.3. The van der Waals surface area contributed by atoms with Gasteiger partial charge in [0, 0.05) is 36.7 Å². The zero-order chi connectivity index (χ0) is 14.7. The summed E-state index contributed by atoms with van der Waals surface area (Å²) in [6.45, 7) is 0.723. The summed E-state index contributed by atoms with van der Waals surface area (Å²) < 4.78 is 0. The van der Waals surface area contributed by atoms with Crippen LogP contribution in [0.4, 0.5) is 11.4 Å². The van der Waals surface area contributed by atoms with Crippen LogP contribution in [0.15, 0.2) is 42.9 Å². The van der Waals surface area contributed by atoms with E-state index >= 15 is 0 Å². The lowest BCUT2D eigenvalue weighted by atomic mass is 10.2. The molecule has 1 aliphatic rings. The lowest BCUT2D eigenvalue weighted by Gasteiger charge is -2.16. The van der Waals surface area contributed by atoms with Gasteiger partial charge in [-0.25, -0.2) is 4.98 Å². The van der Waals surface area contributed by atoms with Crippen LogP contribution in [0, 0.1) is 0 Å². The minimum atomic E-state index is -0.326. The molecule has 106 valence electrons. The van der Waals surface area contributed by atoms with Gasteiger partial charge < -0.3 is 10.2 Å². The molecule has 2 aromatic rings. The molecule has 1 saturated heterocycles. The van der Waals surface area contributed by atoms with E-state index in [1.54, 1.807) is 17.0 Å². The fourth-order valence-electron chi connectivity index (χ4n) is 2.28. The van der Waals surface area contributed by atoms with Crippen LogP contribution in [0.1, 0.15) is 23.3 Å². The van der Waals surface area contributed by atoms with E-state index in [0.717, 1.165) is 18.7 Å². The first kappa shape index (κ1) is 13.2. The van der Waals surface area contributed by atoms with Crippen LogP contribution in [-0.2, 0) is 4.79 Å². The number of anilines is 2. The quantitative estimate of drug-likeness (QED) is 0.932. The summed E-state index contributed by atoms with van der Waals surface area (Å²) in [4.78, 5) is 33.3. The van der Waals surface area contributed by atoms with Crippen molar-refractivity contribution in [1.29, 1.82) is 0 Å². The molecule has 1 aromatic heterocycles. The standard InChI is InChI=1S/C15H14N4O2/c20-14-5-2-8-19(14)12-4-1-3-11(9-12)18-15(21)13-10-16-6-7-17-13/h1,3-4,6-7,9-10H,2,5,8H2,(H,18,21). The van der Waals surface area contributed by atoms with Gasteiger partial charge in [-0.05, 0) is 24.6 Å². The number of nitrogens with one attached hydrogen (secondary N) is 1. The van der Waals surface area contributed by atoms with Gasteiger partial charge in [-0.2, -0.15) is 0 Å². The third-order valence-electron chi connectivity index (χ3n) is 3.28. The first-order valence-electron chi connectivity index (χ1n) is 6.72. The van der Waals surface area contributed by atoms with Gasteiger partial charge in [0.15, 0.2) is 0 Å². The molecule has 0 spiro atoms. The molecule has 0 atom stereocenters. The van der Waals surface area contributed by atoms with E-state index in [1.165, 1.54) is 18.6 Å². The maximum Gasteiger partial charge on any atom is 0.275 e. The summed E-state index contributed by atoms with van der Waals surface area (Å²) in [5, 5.41) is 2.76. The number of carbonyl (C=O) groups is 2. The topological polar surface area (TPSA) is 75.2 Å². The average Bonchev–Trinajstić information content (AvgIpc) is 2.94. The van der Waals surface area contributed by atoms with Gasteiger partial charge in [-0.15, -0.1) is 0 Å². The summed E-state index contributed by atoms with van der Waals surface area (Å²) in [5.41, 5.74) is 1.68. The third kappa shape index (κ3) is 2.89. The van der Waals surface area contributed by atoms with E-state index in [9.17, 15) is 9.59 Å². The number of amides is 2. The van der Waals surface area contributed by atoms with Gasteiger partial charge in [-0.3, -0.25) is 14.6 Å². The van der Waals surface area contributed by atoms with Crippen LogP contribution in [0.2, 0.25) is 0 Å². The Balaban J connectivity index is 1.77. The highest BCUT2D eigenvalue weighted by atomic mass is 16.2. The summed E-state index contributed by atoms with van der Waals surface area (Å²) in [7, 11) is 0. The zero-order valence-corrected chi connectivity index (χ0v) is 11.3. The Morgan fingerprint density at radius 2 is 2.19 bits per heavy atom. The fraction of sp³-hybridized carbons (Fsp3) is 0.200. The van der Waals surface area contributed by atoms with Gasteiger partial charge in [0.25, 0.3) is 5.91 Å². The smallest absolute Gasteiger partial charge is 0.275 e. The molecule has 3 rings (SSSR count). The predicted molar refractivity (Wildman–Crippen MR) is 78.0 cm³/mol. The maximum atomic E-state index is 12.0. The minimum absolute atomic E-state index is 0.118. The molecule has 2 heterocycles. The highest BCUT2D eigenvalue weighted by Crippen LogP contribution is 2.24. The molecule has 1 aliphatic heterocycles. The molecular weight excluding hydrogens is 268 g/mol. The molecule has 1 fully saturated rings. The zero-order valence-electron chi connectivity index (χ0n) is 11.3. The van der Waals surface area contributed by atoms with Crippen molar-refractivity contribution in [3.8, 4) is 0 Å². The molecule has 0 saturated carbocycles. The lowest BCUT2D eigenvalue weighted by molar-refractivity contribution is -0.117. The van der Waals surface area contributed by atoms with Crippen molar-refractivity contribution in [2.45, 2.75) is 12.8 Å². The number of benzene rings is 1. The highest BCUT2D eigenvalue weighted by molar-refractivity contribution is 6.03. The van der Waals surface area contributed by atoms with Crippen molar-refractivity contribution in [3.63, 3.8) is 0 Å². The number of nitrogens with zero attached hydrogens (tertiary/aromatic N) is 3. The summed E-state index contributed by atoms with van der Waals surface area (Å²) in [6.07, 6.45) is 5.83. The molecule has 0 radical (unpaired) electrons. The summed E-state index contributed by atoms with van der Waals surface area (Å²) in [5.74, 6) is -0.208. The Bertz CT molecular complexity index is 672. The van der Waals surface area contributed by atoms with Crippen LogP contribution < -0.4 is 10.2 Å². The molecule has 6 nitrogen and oxygen atoms in total. The molecule has 0 aliphatic carbocycles. The molecular formula is C15H14N4O2. The van der Waals surface area contributed by atoms with E-state index < -0.39 is 0 Å². The number of aromatic nitrogens is 2. The van der Waals surface area contributed by atoms with E-state index in [1.807, 2.05) is 12.1 Å². The predicted octanol–water partition coefficient (Wildman–Crippen LogP) is 1.86. The second-order valence-corrected chi connectivity index (χ2v) is 4.74. The number of hydrogen-bond acceptors (Lipinski definition) is 4. The third-order valence-corrected chi connectivity index (χ3v) is 3.28. The Labute approximate surface area is 121 Å². The van der Waals surface area contributed by atoms with Crippen molar-refractivity contribution < 1.29 is 9.59 Å². The van der Waals surface area contributed by atoms with Crippen LogP contribution in [0.5, 0.6) is 0 Å². The van der Waals surface area contributed by atoms with Crippen molar-refractivity contribution >= 4 is 23.2 Å². The Hall–Kier alpha value is -2.76. The van der Waals surface area contributed by atoms with Crippen molar-refractivity contribution in [3.05, 3.63) is 48.5 Å². The van der Waals surface area contributed by atoms with Gasteiger partial charge in [-0.1, -0.05) is 6.07 Å². The molecule has 0 unspecified atom stereocenters. The summed E-state index contributed by atoms with van der Waals surface area (Å²) >= 11 is 0. The Kier molecular flexibility index (Phi) is 3.59. The van der Waals surface area contributed by atoms with Gasteiger partial charge in [0.05, 0.1) is 6.20 Å². The molecule has 1 N–H and O–H groups in total. The first-order valence-corrected chi connectivity index (χ1v) is 6.72. The molecule has 0 bridgehead atoms. The van der Waals surface area contributed by atoms with E-state index in [-0.39, 0.29) is 17.5 Å².